The number of hydrogen-bond donors (Lipinski definition) is 1. The van der Waals surface area contributed by atoms with Gasteiger partial charge in [0, 0.05) is 30.1 Å². The molecule has 1 atom stereocenters. The predicted molar refractivity (Wildman–Crippen MR) is 99.3 cm³/mol. The number of aryl methyl sites for hydroxylation is 1. The average Bonchev–Trinajstić information content (AvgIpc) is 3.31. The van der Waals surface area contributed by atoms with Gasteiger partial charge >= 0.3 is 0 Å². The smallest absolute Gasteiger partial charge is 0.134 e. The summed E-state index contributed by atoms with van der Waals surface area (Å²) < 4.78 is 34.3. The molecule has 1 unspecified atom stereocenters. The lowest BCUT2D eigenvalue weighted by molar-refractivity contribution is 0.184. The van der Waals surface area contributed by atoms with Gasteiger partial charge in [-0.25, -0.2) is 8.78 Å². The van der Waals surface area contributed by atoms with Crippen molar-refractivity contribution < 1.29 is 13.2 Å². The van der Waals surface area contributed by atoms with Crippen LogP contribution in [0.25, 0.3) is 11.1 Å². The summed E-state index contributed by atoms with van der Waals surface area (Å²) in [6, 6.07) is 7.99. The first-order valence-electron chi connectivity index (χ1n) is 9.43. The molecule has 2 aromatic heterocycles. The van der Waals surface area contributed by atoms with Crippen molar-refractivity contribution in [3.05, 3.63) is 65.4 Å². The van der Waals surface area contributed by atoms with E-state index in [4.69, 9.17) is 4.42 Å². The van der Waals surface area contributed by atoms with Crippen molar-refractivity contribution in [3.63, 3.8) is 0 Å². The minimum absolute atomic E-state index is 0.00278. The molecule has 3 heterocycles. The molecule has 0 amide bonds. The summed E-state index contributed by atoms with van der Waals surface area (Å²) in [7, 11) is 0. The van der Waals surface area contributed by atoms with E-state index in [1.807, 2.05) is 12.1 Å². The van der Waals surface area contributed by atoms with Crippen LogP contribution >= 0.6 is 0 Å². The molecule has 1 aliphatic heterocycles. The fourth-order valence-electron chi connectivity index (χ4n) is 3.91. The highest BCUT2D eigenvalue weighted by Gasteiger charge is 2.27. The Bertz CT molecular complexity index is 898. The fourth-order valence-corrected chi connectivity index (χ4v) is 3.91. The number of hydrogen-bond acceptors (Lipinski definition) is 3. The van der Waals surface area contributed by atoms with Gasteiger partial charge < -0.3 is 4.42 Å². The molecule has 27 heavy (non-hydrogen) atoms. The number of nitrogens with zero attached hydrogens (tertiary/aromatic N) is 2. The van der Waals surface area contributed by atoms with Crippen LogP contribution in [0.3, 0.4) is 0 Å². The van der Waals surface area contributed by atoms with E-state index in [0.717, 1.165) is 56.1 Å². The van der Waals surface area contributed by atoms with Crippen molar-refractivity contribution in [3.8, 4) is 11.1 Å². The summed E-state index contributed by atoms with van der Waals surface area (Å²) in [4.78, 5) is 2.33. The van der Waals surface area contributed by atoms with Crippen molar-refractivity contribution in [2.75, 3.05) is 13.1 Å². The Hall–Kier alpha value is -2.47. The molecule has 0 spiro atoms. The van der Waals surface area contributed by atoms with Crippen molar-refractivity contribution in [1.82, 2.24) is 15.1 Å². The van der Waals surface area contributed by atoms with E-state index in [1.165, 1.54) is 24.4 Å². The first-order chi connectivity index (χ1) is 13.2. The minimum Gasteiger partial charge on any atom is -0.465 e. The topological polar surface area (TPSA) is 45.1 Å². The lowest BCUT2D eigenvalue weighted by atomic mass is 9.90. The Morgan fingerprint density at radius 2 is 1.96 bits per heavy atom. The molecular formula is C21H23F2N3O. The molecule has 4 rings (SSSR count). The van der Waals surface area contributed by atoms with Gasteiger partial charge in [0.25, 0.3) is 0 Å². The Kier molecular flexibility index (Phi) is 5.07. The Morgan fingerprint density at radius 3 is 2.70 bits per heavy atom. The monoisotopic (exact) mass is 371 g/mol. The number of halogens is 2. The van der Waals surface area contributed by atoms with E-state index in [1.54, 1.807) is 0 Å². The fraction of sp³-hybridized carbons (Fsp3) is 0.381. The maximum atomic E-state index is 14.3. The largest absolute Gasteiger partial charge is 0.465 e. The molecule has 0 aliphatic carbocycles. The second-order valence-electron chi connectivity index (χ2n) is 7.09. The van der Waals surface area contributed by atoms with Crippen LogP contribution in [0.5, 0.6) is 0 Å². The lowest BCUT2D eigenvalue weighted by Crippen LogP contribution is -2.34. The summed E-state index contributed by atoms with van der Waals surface area (Å²) in [6.45, 7) is 4.60. The first-order valence-corrected chi connectivity index (χ1v) is 9.43. The SMILES string of the molecule is CCc1ccc(CN2CCCC(c3[nH]ncc3-c3c(F)cccc3F)C2)o1. The third-order valence-corrected chi connectivity index (χ3v) is 5.26. The van der Waals surface area contributed by atoms with Crippen LogP contribution in [0.4, 0.5) is 8.78 Å². The van der Waals surface area contributed by atoms with Crippen LogP contribution in [0.2, 0.25) is 0 Å². The molecule has 1 fully saturated rings. The van der Waals surface area contributed by atoms with E-state index in [-0.39, 0.29) is 11.5 Å². The number of furan rings is 1. The Morgan fingerprint density at radius 1 is 1.19 bits per heavy atom. The molecule has 1 saturated heterocycles. The van der Waals surface area contributed by atoms with E-state index in [0.29, 0.717) is 5.56 Å². The minimum atomic E-state index is -0.562. The van der Waals surface area contributed by atoms with E-state index in [9.17, 15) is 8.78 Å². The lowest BCUT2D eigenvalue weighted by Gasteiger charge is -2.32. The number of aromatic amines is 1. The molecule has 0 saturated carbocycles. The summed E-state index contributed by atoms with van der Waals surface area (Å²) >= 11 is 0. The maximum Gasteiger partial charge on any atom is 0.134 e. The second kappa shape index (κ2) is 7.64. The van der Waals surface area contributed by atoms with Crippen LogP contribution in [-0.4, -0.2) is 28.2 Å². The van der Waals surface area contributed by atoms with E-state index in [2.05, 4.69) is 22.0 Å². The van der Waals surface area contributed by atoms with Gasteiger partial charge in [0.1, 0.15) is 23.2 Å². The standard InChI is InChI=1S/C21H23F2N3O/c1-2-15-8-9-16(27-15)13-26-10-4-5-14(12-26)21-17(11-24-25-21)20-18(22)6-3-7-19(20)23/h3,6-9,11,14H,2,4-5,10,12-13H2,1H3,(H,24,25). The van der Waals surface area contributed by atoms with Gasteiger partial charge in [-0.1, -0.05) is 13.0 Å². The zero-order chi connectivity index (χ0) is 18.8. The van der Waals surface area contributed by atoms with Gasteiger partial charge in [-0.3, -0.25) is 10.00 Å². The number of likely N-dealkylation sites (tertiary alicyclic amines) is 1. The quantitative estimate of drug-likeness (QED) is 0.694. The number of piperidine rings is 1. The van der Waals surface area contributed by atoms with Crippen LogP contribution in [0.15, 0.2) is 40.9 Å². The molecule has 1 N–H and O–H groups in total. The average molecular weight is 371 g/mol. The predicted octanol–water partition coefficient (Wildman–Crippen LogP) is 4.89. The molecule has 1 aliphatic rings. The number of rotatable bonds is 5. The Balaban J connectivity index is 1.55. The van der Waals surface area contributed by atoms with Gasteiger partial charge in [0.05, 0.1) is 18.3 Å². The third-order valence-electron chi connectivity index (χ3n) is 5.26. The zero-order valence-electron chi connectivity index (χ0n) is 15.3. The highest BCUT2D eigenvalue weighted by Crippen LogP contribution is 2.35. The van der Waals surface area contributed by atoms with Gasteiger partial charge in [-0.15, -0.1) is 0 Å². The molecule has 142 valence electrons. The number of nitrogens with one attached hydrogen (secondary N) is 1. The molecule has 0 radical (unpaired) electrons. The second-order valence-corrected chi connectivity index (χ2v) is 7.09. The van der Waals surface area contributed by atoms with Crippen molar-refractivity contribution in [2.45, 2.75) is 38.6 Å². The van der Waals surface area contributed by atoms with Gasteiger partial charge in [0.15, 0.2) is 0 Å². The Labute approximate surface area is 157 Å². The molecule has 1 aromatic carbocycles. The van der Waals surface area contributed by atoms with Gasteiger partial charge in [0.2, 0.25) is 0 Å². The molecule has 0 bridgehead atoms. The highest BCUT2D eigenvalue weighted by molar-refractivity contribution is 5.67. The van der Waals surface area contributed by atoms with Crippen LogP contribution in [-0.2, 0) is 13.0 Å². The van der Waals surface area contributed by atoms with Crippen LogP contribution < -0.4 is 0 Å². The van der Waals surface area contributed by atoms with Crippen LogP contribution in [0, 0.1) is 11.6 Å². The molecule has 3 aromatic rings. The first kappa shape index (κ1) is 17.9. The maximum absolute atomic E-state index is 14.3. The summed E-state index contributed by atoms with van der Waals surface area (Å²) in [5, 5.41) is 7.08. The third kappa shape index (κ3) is 3.67. The molecule has 4 nitrogen and oxygen atoms in total. The van der Waals surface area contributed by atoms with Gasteiger partial charge in [-0.2, -0.15) is 5.10 Å². The number of benzene rings is 1. The van der Waals surface area contributed by atoms with E-state index < -0.39 is 11.6 Å². The highest BCUT2D eigenvalue weighted by atomic mass is 19.1. The summed E-state index contributed by atoms with van der Waals surface area (Å²) in [6.07, 6.45) is 4.38. The zero-order valence-corrected chi connectivity index (χ0v) is 15.3. The summed E-state index contributed by atoms with van der Waals surface area (Å²) in [5.41, 5.74) is 1.32. The van der Waals surface area contributed by atoms with Gasteiger partial charge in [-0.05, 0) is 43.7 Å². The summed E-state index contributed by atoms with van der Waals surface area (Å²) in [5.74, 6) is 0.971. The molecule has 6 heteroatoms. The van der Waals surface area contributed by atoms with Crippen molar-refractivity contribution in [2.24, 2.45) is 0 Å². The van der Waals surface area contributed by atoms with Crippen LogP contribution in [0.1, 0.15) is 42.9 Å². The van der Waals surface area contributed by atoms with Crippen molar-refractivity contribution >= 4 is 0 Å². The molecular weight excluding hydrogens is 348 g/mol. The number of H-pyrrole nitrogens is 1. The number of aromatic nitrogens is 2. The normalized spacial score (nSPS) is 18.1. The van der Waals surface area contributed by atoms with E-state index >= 15 is 0 Å². The van der Waals surface area contributed by atoms with Crippen molar-refractivity contribution in [1.29, 1.82) is 0 Å².